The molecule has 2 saturated heterocycles. The van der Waals surface area contributed by atoms with Crippen LogP contribution in [0.15, 0.2) is 0 Å². The number of halogens is 1. The molecule has 10 heavy (non-hydrogen) atoms. The molecule has 0 aliphatic carbocycles. The normalized spacial score (nSPS) is 37.5. The number of rotatable bonds is 0. The van der Waals surface area contributed by atoms with E-state index in [2.05, 4.69) is 5.32 Å². The molecule has 2 nitrogen and oxygen atoms in total. The van der Waals surface area contributed by atoms with Crippen LogP contribution in [0.2, 0.25) is 0 Å². The number of hydrogen-bond acceptors (Lipinski definition) is 2. The van der Waals surface area contributed by atoms with Crippen molar-refractivity contribution in [2.45, 2.75) is 12.6 Å². The molecule has 0 radical (unpaired) electrons. The summed E-state index contributed by atoms with van der Waals surface area (Å²) in [6.07, 6.45) is 0.0395. The van der Waals surface area contributed by atoms with Crippen molar-refractivity contribution in [2.75, 3.05) is 26.3 Å². The van der Waals surface area contributed by atoms with E-state index in [9.17, 15) is 4.39 Å². The fraction of sp³-hybridized carbons (Fsp3) is 1.00. The highest BCUT2D eigenvalue weighted by atomic mass is 19.1. The largest absolute Gasteiger partial charge is 0.380 e. The van der Waals surface area contributed by atoms with Crippen LogP contribution in [0.1, 0.15) is 6.42 Å². The molecule has 1 N–H and O–H groups in total. The lowest BCUT2D eigenvalue weighted by atomic mass is 9.78. The quantitative estimate of drug-likeness (QED) is 0.530. The average molecular weight is 145 g/mol. The number of piperidine rings is 1. The van der Waals surface area contributed by atoms with Gasteiger partial charge in [0, 0.05) is 18.5 Å². The van der Waals surface area contributed by atoms with Crippen LogP contribution >= 0.6 is 0 Å². The molecule has 1 unspecified atom stereocenters. The van der Waals surface area contributed by atoms with Crippen molar-refractivity contribution in [1.29, 1.82) is 0 Å². The molecular formula is C7H12FNO. The molecule has 2 rings (SSSR count). The third kappa shape index (κ3) is 0.935. The van der Waals surface area contributed by atoms with Crippen LogP contribution in [0.25, 0.3) is 0 Å². The Labute approximate surface area is 59.7 Å². The van der Waals surface area contributed by atoms with E-state index >= 15 is 0 Å². The molecule has 2 fully saturated rings. The van der Waals surface area contributed by atoms with Gasteiger partial charge in [0.05, 0.1) is 13.2 Å². The van der Waals surface area contributed by atoms with Gasteiger partial charge in [-0.1, -0.05) is 0 Å². The molecule has 2 aliphatic rings. The monoisotopic (exact) mass is 145 g/mol. The zero-order chi connectivity index (χ0) is 7.03. The second-order valence-corrected chi connectivity index (χ2v) is 3.43. The number of alkyl halides is 1. The van der Waals surface area contributed by atoms with Crippen LogP contribution in [0, 0.1) is 5.41 Å². The molecule has 1 atom stereocenters. The summed E-state index contributed by atoms with van der Waals surface area (Å²) in [6, 6.07) is 0. The molecule has 2 heterocycles. The summed E-state index contributed by atoms with van der Waals surface area (Å²) >= 11 is 0. The minimum Gasteiger partial charge on any atom is -0.380 e. The first-order chi connectivity index (χ1) is 4.81. The van der Waals surface area contributed by atoms with Gasteiger partial charge in [0.25, 0.3) is 0 Å². The average Bonchev–Trinajstić information content (AvgIpc) is 1.85. The van der Waals surface area contributed by atoms with Gasteiger partial charge in [-0.15, -0.1) is 0 Å². The standard InChI is InChI=1S/C7H12FNO/c8-6-1-7(3-9-2-6)4-10-5-7/h6,9H,1-5H2. The second-order valence-electron chi connectivity index (χ2n) is 3.43. The molecule has 0 saturated carbocycles. The number of nitrogens with one attached hydrogen (secondary N) is 1. The first-order valence-corrected chi connectivity index (χ1v) is 3.73. The van der Waals surface area contributed by atoms with Gasteiger partial charge in [-0.2, -0.15) is 0 Å². The van der Waals surface area contributed by atoms with Gasteiger partial charge >= 0.3 is 0 Å². The highest BCUT2D eigenvalue weighted by molar-refractivity contribution is 4.93. The van der Waals surface area contributed by atoms with Crippen LogP contribution in [0.5, 0.6) is 0 Å². The Morgan fingerprint density at radius 2 is 2.30 bits per heavy atom. The minimum absolute atomic E-state index is 0.164. The van der Waals surface area contributed by atoms with Crippen molar-refractivity contribution in [3.8, 4) is 0 Å². The summed E-state index contributed by atoms with van der Waals surface area (Å²) in [4.78, 5) is 0. The first kappa shape index (κ1) is 6.55. The zero-order valence-electron chi connectivity index (χ0n) is 5.90. The topological polar surface area (TPSA) is 21.3 Å². The fourth-order valence-electron chi connectivity index (χ4n) is 1.72. The Morgan fingerprint density at radius 3 is 2.70 bits per heavy atom. The summed E-state index contributed by atoms with van der Waals surface area (Å²) in [6.45, 7) is 2.97. The van der Waals surface area contributed by atoms with E-state index in [1.807, 2.05) is 0 Å². The second kappa shape index (κ2) is 2.17. The maximum Gasteiger partial charge on any atom is 0.113 e. The van der Waals surface area contributed by atoms with E-state index in [4.69, 9.17) is 4.74 Å². The molecule has 2 aliphatic heterocycles. The van der Waals surface area contributed by atoms with Crippen molar-refractivity contribution in [2.24, 2.45) is 5.41 Å². The number of hydrogen-bond donors (Lipinski definition) is 1. The van der Waals surface area contributed by atoms with Gasteiger partial charge < -0.3 is 10.1 Å². The maximum atomic E-state index is 12.8. The molecule has 1 spiro atoms. The lowest BCUT2D eigenvalue weighted by Crippen LogP contribution is -2.56. The summed E-state index contributed by atoms with van der Waals surface area (Å²) < 4.78 is 17.8. The molecule has 0 bridgehead atoms. The Kier molecular flexibility index (Phi) is 1.42. The van der Waals surface area contributed by atoms with E-state index in [0.717, 1.165) is 19.8 Å². The van der Waals surface area contributed by atoms with Crippen molar-refractivity contribution >= 4 is 0 Å². The van der Waals surface area contributed by atoms with E-state index in [1.165, 1.54) is 0 Å². The molecule has 3 heteroatoms. The molecule has 0 amide bonds. The van der Waals surface area contributed by atoms with Gasteiger partial charge in [-0.25, -0.2) is 4.39 Å². The highest BCUT2D eigenvalue weighted by Gasteiger charge is 2.42. The predicted octanol–water partition coefficient (Wildman–Crippen LogP) is 0.334. The van der Waals surface area contributed by atoms with Crippen LogP contribution in [-0.2, 0) is 4.74 Å². The Morgan fingerprint density at radius 1 is 1.50 bits per heavy atom. The summed E-state index contributed by atoms with van der Waals surface area (Å²) in [5.74, 6) is 0. The van der Waals surface area contributed by atoms with Gasteiger partial charge in [-0.3, -0.25) is 0 Å². The van der Waals surface area contributed by atoms with Crippen molar-refractivity contribution < 1.29 is 9.13 Å². The molecule has 0 aromatic rings. The van der Waals surface area contributed by atoms with Gasteiger partial charge in [0.2, 0.25) is 0 Å². The number of ether oxygens (including phenoxy) is 1. The fourth-order valence-corrected chi connectivity index (χ4v) is 1.72. The van der Waals surface area contributed by atoms with Crippen LogP contribution in [0.4, 0.5) is 4.39 Å². The SMILES string of the molecule is FC1CNCC2(COC2)C1. The van der Waals surface area contributed by atoms with Crippen LogP contribution < -0.4 is 5.32 Å². The Hall–Kier alpha value is -0.150. The van der Waals surface area contributed by atoms with Gasteiger partial charge in [0.1, 0.15) is 6.17 Å². The van der Waals surface area contributed by atoms with E-state index in [0.29, 0.717) is 13.0 Å². The van der Waals surface area contributed by atoms with Gasteiger partial charge in [-0.05, 0) is 6.42 Å². The van der Waals surface area contributed by atoms with E-state index in [-0.39, 0.29) is 5.41 Å². The third-order valence-electron chi connectivity index (χ3n) is 2.34. The van der Waals surface area contributed by atoms with Crippen molar-refractivity contribution in [3.05, 3.63) is 0 Å². The van der Waals surface area contributed by atoms with E-state index < -0.39 is 6.17 Å². The predicted molar refractivity (Wildman–Crippen MR) is 35.6 cm³/mol. The smallest absolute Gasteiger partial charge is 0.113 e. The highest BCUT2D eigenvalue weighted by Crippen LogP contribution is 2.34. The van der Waals surface area contributed by atoms with Crippen molar-refractivity contribution in [3.63, 3.8) is 0 Å². The molecule has 0 aromatic carbocycles. The zero-order valence-corrected chi connectivity index (χ0v) is 5.90. The maximum absolute atomic E-state index is 12.8. The molecule has 58 valence electrons. The summed E-state index contributed by atoms with van der Waals surface area (Å²) in [7, 11) is 0. The minimum atomic E-state index is -0.655. The third-order valence-corrected chi connectivity index (χ3v) is 2.34. The first-order valence-electron chi connectivity index (χ1n) is 3.73. The molecule has 0 aromatic heterocycles. The lowest BCUT2D eigenvalue weighted by molar-refractivity contribution is -0.133. The van der Waals surface area contributed by atoms with Crippen LogP contribution in [0.3, 0.4) is 0 Å². The Balaban J connectivity index is 1.96. The summed E-state index contributed by atoms with van der Waals surface area (Å²) in [5, 5.41) is 3.07. The Bertz CT molecular complexity index is 136. The lowest BCUT2D eigenvalue weighted by Gasteiger charge is -2.45. The van der Waals surface area contributed by atoms with Crippen LogP contribution in [-0.4, -0.2) is 32.5 Å². The van der Waals surface area contributed by atoms with Crippen molar-refractivity contribution in [1.82, 2.24) is 5.32 Å². The van der Waals surface area contributed by atoms with E-state index in [1.54, 1.807) is 0 Å². The van der Waals surface area contributed by atoms with Gasteiger partial charge in [0.15, 0.2) is 0 Å². The molecular weight excluding hydrogens is 133 g/mol. The summed E-state index contributed by atoms with van der Waals surface area (Å²) in [5.41, 5.74) is 0.164.